The summed E-state index contributed by atoms with van der Waals surface area (Å²) in [6.45, 7) is 1.87. The number of hydrogen-bond acceptors (Lipinski definition) is 8. The van der Waals surface area contributed by atoms with Crippen molar-refractivity contribution in [3.8, 4) is 17.5 Å². The topological polar surface area (TPSA) is 124 Å². The Balaban J connectivity index is 1.62. The van der Waals surface area contributed by atoms with Gasteiger partial charge in [0.1, 0.15) is 29.4 Å². The number of anilines is 2. The Bertz CT molecular complexity index is 1680. The maximum atomic E-state index is 13.6. The minimum Gasteiger partial charge on any atom is -0.382 e. The summed E-state index contributed by atoms with van der Waals surface area (Å²) >= 11 is 6.38. The lowest BCUT2D eigenvalue weighted by Crippen LogP contribution is -2.27. The molecule has 0 aliphatic heterocycles. The van der Waals surface area contributed by atoms with Crippen molar-refractivity contribution in [3.63, 3.8) is 0 Å². The number of nitrogen functional groups attached to an aromatic ring is 1. The van der Waals surface area contributed by atoms with Crippen molar-refractivity contribution in [2.24, 2.45) is 0 Å². The SMILES string of the molecule is CC(Nc1ncnc(N)c1C#Cc1ncccn1)c1nc2cccc(Cl)c2c(=O)n1-c1ccccc1. The van der Waals surface area contributed by atoms with Gasteiger partial charge in [0.2, 0.25) is 5.82 Å². The Kier molecular flexibility index (Phi) is 6.26. The molecule has 36 heavy (non-hydrogen) atoms. The number of nitrogens with zero attached hydrogens (tertiary/aromatic N) is 6. The van der Waals surface area contributed by atoms with Gasteiger partial charge in [0, 0.05) is 12.4 Å². The molecule has 3 N–H and O–H groups in total. The summed E-state index contributed by atoms with van der Waals surface area (Å²) in [6.07, 6.45) is 4.54. The van der Waals surface area contributed by atoms with Crippen molar-refractivity contribution >= 4 is 34.1 Å². The summed E-state index contributed by atoms with van der Waals surface area (Å²) in [5, 5.41) is 3.98. The predicted molar refractivity (Wildman–Crippen MR) is 139 cm³/mol. The van der Waals surface area contributed by atoms with Crippen molar-refractivity contribution in [2.75, 3.05) is 11.1 Å². The van der Waals surface area contributed by atoms with Gasteiger partial charge in [-0.3, -0.25) is 9.36 Å². The molecule has 5 rings (SSSR count). The molecule has 9 nitrogen and oxygen atoms in total. The quantitative estimate of drug-likeness (QED) is 0.362. The first-order valence-corrected chi connectivity index (χ1v) is 11.3. The molecule has 0 aliphatic carbocycles. The minimum atomic E-state index is -0.482. The number of fused-ring (bicyclic) bond motifs is 1. The van der Waals surface area contributed by atoms with Crippen LogP contribution in [0, 0.1) is 11.8 Å². The number of nitrogens with two attached hydrogens (primary N) is 1. The maximum Gasteiger partial charge on any atom is 0.267 e. The standard InChI is InChI=1S/C26H19ClN8O/c1-16(33-24-18(23(28)31-15-32-24)11-12-21-29-13-6-14-30-21)25-34-20-10-5-9-19(27)22(20)26(36)35(25)17-7-3-2-4-8-17/h2-10,13-16H,1H3,(H3,28,31,32,33). The molecule has 0 fully saturated rings. The highest BCUT2D eigenvalue weighted by Gasteiger charge is 2.21. The zero-order chi connectivity index (χ0) is 25.1. The molecule has 0 spiro atoms. The number of rotatable bonds is 4. The molecule has 3 heterocycles. The number of hydrogen-bond donors (Lipinski definition) is 2. The highest BCUT2D eigenvalue weighted by atomic mass is 35.5. The van der Waals surface area contributed by atoms with Gasteiger partial charge < -0.3 is 11.1 Å². The van der Waals surface area contributed by atoms with Gasteiger partial charge in [-0.1, -0.05) is 41.8 Å². The van der Waals surface area contributed by atoms with Crippen LogP contribution in [0.1, 0.15) is 30.2 Å². The fourth-order valence-corrected chi connectivity index (χ4v) is 3.96. The molecule has 0 radical (unpaired) electrons. The van der Waals surface area contributed by atoms with Crippen molar-refractivity contribution < 1.29 is 0 Å². The van der Waals surface area contributed by atoms with E-state index in [1.165, 1.54) is 6.33 Å². The zero-order valence-corrected chi connectivity index (χ0v) is 19.8. The van der Waals surface area contributed by atoms with Gasteiger partial charge >= 0.3 is 0 Å². The van der Waals surface area contributed by atoms with Crippen LogP contribution in [0.5, 0.6) is 0 Å². The summed E-state index contributed by atoms with van der Waals surface area (Å²) in [6, 6.07) is 15.7. The number of halogens is 1. The summed E-state index contributed by atoms with van der Waals surface area (Å²) in [4.78, 5) is 35.0. The molecule has 2 aromatic carbocycles. The van der Waals surface area contributed by atoms with Crippen molar-refractivity contribution in [2.45, 2.75) is 13.0 Å². The smallest absolute Gasteiger partial charge is 0.267 e. The Morgan fingerprint density at radius 1 is 0.972 bits per heavy atom. The van der Waals surface area contributed by atoms with Gasteiger partial charge in [-0.25, -0.2) is 24.9 Å². The Labute approximate surface area is 211 Å². The lowest BCUT2D eigenvalue weighted by molar-refractivity contribution is 0.730. The lowest BCUT2D eigenvalue weighted by atomic mass is 10.2. The summed E-state index contributed by atoms with van der Waals surface area (Å²) in [5.41, 5.74) is 7.37. The fourth-order valence-electron chi connectivity index (χ4n) is 3.71. The van der Waals surface area contributed by atoms with Gasteiger partial charge in [0.15, 0.2) is 0 Å². The van der Waals surface area contributed by atoms with E-state index in [1.807, 2.05) is 37.3 Å². The van der Waals surface area contributed by atoms with Crippen molar-refractivity contribution in [1.82, 2.24) is 29.5 Å². The zero-order valence-electron chi connectivity index (χ0n) is 19.1. The third-order valence-electron chi connectivity index (χ3n) is 5.37. The van der Waals surface area contributed by atoms with Crippen LogP contribution in [0.3, 0.4) is 0 Å². The first-order chi connectivity index (χ1) is 17.5. The van der Waals surface area contributed by atoms with Crippen LogP contribution < -0.4 is 16.6 Å². The van der Waals surface area contributed by atoms with E-state index >= 15 is 0 Å². The normalized spacial score (nSPS) is 11.5. The van der Waals surface area contributed by atoms with Crippen LogP contribution in [0.4, 0.5) is 11.6 Å². The average Bonchev–Trinajstić information content (AvgIpc) is 2.89. The molecule has 0 bridgehead atoms. The van der Waals surface area contributed by atoms with Gasteiger partial charge in [-0.05, 0) is 43.2 Å². The predicted octanol–water partition coefficient (Wildman–Crippen LogP) is 3.77. The van der Waals surface area contributed by atoms with Crippen molar-refractivity contribution in [1.29, 1.82) is 0 Å². The average molecular weight is 495 g/mol. The first kappa shape index (κ1) is 23.0. The van der Waals surface area contributed by atoms with E-state index in [4.69, 9.17) is 22.3 Å². The second kappa shape index (κ2) is 9.82. The van der Waals surface area contributed by atoms with Gasteiger partial charge in [-0.2, -0.15) is 0 Å². The van der Waals surface area contributed by atoms with E-state index in [2.05, 4.69) is 37.1 Å². The van der Waals surface area contributed by atoms with Crippen LogP contribution in [0.15, 0.2) is 78.1 Å². The molecular formula is C26H19ClN8O. The lowest BCUT2D eigenvalue weighted by Gasteiger charge is -2.21. The highest BCUT2D eigenvalue weighted by Crippen LogP contribution is 2.26. The van der Waals surface area contributed by atoms with E-state index in [0.717, 1.165) is 0 Å². The summed E-state index contributed by atoms with van der Waals surface area (Å²) in [7, 11) is 0. The number of benzene rings is 2. The summed E-state index contributed by atoms with van der Waals surface area (Å²) < 4.78 is 1.54. The number of para-hydroxylation sites is 1. The number of aromatic nitrogens is 6. The molecule has 0 amide bonds. The third kappa shape index (κ3) is 4.45. The third-order valence-corrected chi connectivity index (χ3v) is 5.68. The van der Waals surface area contributed by atoms with Crippen LogP contribution in [-0.2, 0) is 0 Å². The largest absolute Gasteiger partial charge is 0.382 e. The van der Waals surface area contributed by atoms with Crippen LogP contribution in [0.25, 0.3) is 16.6 Å². The number of nitrogens with one attached hydrogen (secondary N) is 1. The molecule has 3 aromatic heterocycles. The first-order valence-electron chi connectivity index (χ1n) is 11.0. The maximum absolute atomic E-state index is 13.6. The van der Waals surface area contributed by atoms with E-state index in [1.54, 1.807) is 41.2 Å². The molecule has 1 unspecified atom stereocenters. The molecule has 5 aromatic rings. The second-order valence-electron chi connectivity index (χ2n) is 7.75. The van der Waals surface area contributed by atoms with Gasteiger partial charge in [0.05, 0.1) is 27.7 Å². The Morgan fingerprint density at radius 2 is 1.75 bits per heavy atom. The molecule has 10 heteroatoms. The van der Waals surface area contributed by atoms with Crippen LogP contribution >= 0.6 is 11.6 Å². The highest BCUT2D eigenvalue weighted by molar-refractivity contribution is 6.35. The minimum absolute atomic E-state index is 0.196. The second-order valence-corrected chi connectivity index (χ2v) is 8.16. The monoisotopic (exact) mass is 494 g/mol. The Morgan fingerprint density at radius 3 is 2.53 bits per heavy atom. The molecular weight excluding hydrogens is 476 g/mol. The molecule has 176 valence electrons. The molecule has 0 aliphatic rings. The fraction of sp³-hybridized carbons (Fsp3) is 0.0769. The van der Waals surface area contributed by atoms with Crippen LogP contribution in [-0.4, -0.2) is 29.5 Å². The Hall–Kier alpha value is -4.81. The van der Waals surface area contributed by atoms with E-state index in [0.29, 0.717) is 44.6 Å². The van der Waals surface area contributed by atoms with Crippen molar-refractivity contribution in [3.05, 3.63) is 106 Å². The van der Waals surface area contributed by atoms with E-state index < -0.39 is 6.04 Å². The van der Waals surface area contributed by atoms with E-state index in [-0.39, 0.29) is 11.4 Å². The van der Waals surface area contributed by atoms with Crippen LogP contribution in [0.2, 0.25) is 5.02 Å². The van der Waals surface area contributed by atoms with E-state index in [9.17, 15) is 4.79 Å². The van der Waals surface area contributed by atoms with Gasteiger partial charge in [0.25, 0.3) is 5.56 Å². The molecule has 0 saturated carbocycles. The molecule has 0 saturated heterocycles. The van der Waals surface area contributed by atoms with Gasteiger partial charge in [-0.15, -0.1) is 0 Å². The summed E-state index contributed by atoms with van der Waals surface area (Å²) in [5.74, 6) is 7.21. The molecule has 1 atom stereocenters.